The Hall–Kier alpha value is -2.15. The van der Waals surface area contributed by atoms with Gasteiger partial charge in [-0.3, -0.25) is 10.1 Å². The van der Waals surface area contributed by atoms with Crippen molar-refractivity contribution in [2.75, 3.05) is 0 Å². The van der Waals surface area contributed by atoms with Gasteiger partial charge in [-0.15, -0.1) is 0 Å². The lowest BCUT2D eigenvalue weighted by Gasteiger charge is -2.37. The van der Waals surface area contributed by atoms with Crippen LogP contribution in [0.25, 0.3) is 0 Å². The number of benzene rings is 1. The topological polar surface area (TPSA) is 102 Å². The average Bonchev–Trinajstić information content (AvgIpc) is 3.26. The molecular weight excluding hydrogens is 350 g/mol. The molecule has 7 nitrogen and oxygen atoms in total. The molecule has 2 bridgehead atoms. The second-order valence-electron chi connectivity index (χ2n) is 8.54. The predicted molar refractivity (Wildman–Crippen MR) is 94.1 cm³/mol. The van der Waals surface area contributed by atoms with Gasteiger partial charge >= 0.3 is 5.69 Å². The van der Waals surface area contributed by atoms with E-state index in [1.807, 2.05) is 0 Å². The van der Waals surface area contributed by atoms with E-state index in [1.54, 1.807) is 13.8 Å². The first kappa shape index (κ1) is 18.2. The van der Waals surface area contributed by atoms with Gasteiger partial charge in [0.2, 0.25) is 11.5 Å². The van der Waals surface area contributed by atoms with Crippen molar-refractivity contribution in [2.24, 2.45) is 23.7 Å². The molecule has 0 heterocycles. The second kappa shape index (κ2) is 6.48. The molecule has 0 N–H and O–H groups in total. The number of rotatable bonds is 6. The Balaban J connectivity index is 1.51. The zero-order valence-corrected chi connectivity index (χ0v) is 15.6. The third-order valence-corrected chi connectivity index (χ3v) is 6.55. The first-order valence-electron chi connectivity index (χ1n) is 9.62. The maximum atomic E-state index is 11.3. The molecule has 3 fully saturated rings. The summed E-state index contributed by atoms with van der Waals surface area (Å²) in [6.07, 6.45) is 6.22. The first-order chi connectivity index (χ1) is 12.7. The lowest BCUT2D eigenvalue weighted by Crippen LogP contribution is -2.41. The van der Waals surface area contributed by atoms with E-state index in [4.69, 9.17) is 9.47 Å². The zero-order valence-electron chi connectivity index (χ0n) is 15.6. The molecule has 3 saturated carbocycles. The summed E-state index contributed by atoms with van der Waals surface area (Å²) in [5, 5.41) is 22.4. The number of fused-ring (bicyclic) bond motifs is 5. The van der Waals surface area contributed by atoms with E-state index in [9.17, 15) is 20.0 Å². The van der Waals surface area contributed by atoms with Gasteiger partial charge in [-0.05, 0) is 61.5 Å². The number of carbonyl (C=O) groups excluding carboxylic acids is 1. The number of carbonyl (C=O) groups is 1. The number of aromatic carboxylic acids is 1. The van der Waals surface area contributed by atoms with Crippen molar-refractivity contribution in [3.63, 3.8) is 0 Å². The van der Waals surface area contributed by atoms with Crippen molar-refractivity contribution in [3.8, 4) is 5.75 Å². The van der Waals surface area contributed by atoms with E-state index in [0.29, 0.717) is 5.92 Å². The standard InChI is InChI=1S/C20H25NO6/c1-20(2,26-17-10-12-8-15(17)14-5-3-4-13(12)14)27-18-9-11(19(22)23)6-7-16(18)21(24)25/h6-7,9,12-15,17H,3-5,8,10H2,1-2H3,(H,22,23)/p-1. The highest BCUT2D eigenvalue weighted by Crippen LogP contribution is 2.59. The highest BCUT2D eigenvalue weighted by atomic mass is 16.7. The summed E-state index contributed by atoms with van der Waals surface area (Å²) >= 11 is 0. The van der Waals surface area contributed by atoms with Gasteiger partial charge in [0.15, 0.2) is 0 Å². The average molecular weight is 374 g/mol. The molecular formula is C20H24NO6-. The van der Waals surface area contributed by atoms with E-state index in [1.165, 1.54) is 25.7 Å². The van der Waals surface area contributed by atoms with Gasteiger partial charge in [0.1, 0.15) is 0 Å². The number of nitrogens with zero attached hydrogens (tertiary/aromatic N) is 1. The Morgan fingerprint density at radius 1 is 1.19 bits per heavy atom. The van der Waals surface area contributed by atoms with E-state index < -0.39 is 16.7 Å². The van der Waals surface area contributed by atoms with Crippen LogP contribution in [0.15, 0.2) is 18.2 Å². The fourth-order valence-electron chi connectivity index (χ4n) is 5.67. The van der Waals surface area contributed by atoms with Crippen molar-refractivity contribution in [2.45, 2.75) is 57.8 Å². The van der Waals surface area contributed by atoms with Gasteiger partial charge in [-0.25, -0.2) is 0 Å². The molecule has 146 valence electrons. The van der Waals surface area contributed by atoms with Crippen LogP contribution in [-0.4, -0.2) is 22.8 Å². The van der Waals surface area contributed by atoms with Gasteiger partial charge in [0.25, 0.3) is 0 Å². The molecule has 7 heteroatoms. The summed E-state index contributed by atoms with van der Waals surface area (Å²) in [6.45, 7) is 3.45. The number of ether oxygens (including phenoxy) is 2. The summed E-state index contributed by atoms with van der Waals surface area (Å²) in [6, 6.07) is 3.40. The first-order valence-corrected chi connectivity index (χ1v) is 9.62. The quantitative estimate of drug-likeness (QED) is 0.431. The Labute approximate surface area is 157 Å². The maximum absolute atomic E-state index is 11.3. The molecule has 1 aromatic rings. The Morgan fingerprint density at radius 2 is 1.93 bits per heavy atom. The Bertz CT molecular complexity index is 776. The fourth-order valence-corrected chi connectivity index (χ4v) is 5.67. The van der Waals surface area contributed by atoms with Gasteiger partial charge in [0.05, 0.1) is 17.0 Å². The molecule has 0 aromatic heterocycles. The minimum atomic E-state index is -1.41. The van der Waals surface area contributed by atoms with E-state index in [0.717, 1.165) is 42.4 Å². The molecule has 0 aliphatic heterocycles. The lowest BCUT2D eigenvalue weighted by atomic mass is 9.80. The molecule has 0 spiro atoms. The molecule has 0 radical (unpaired) electrons. The smallest absolute Gasteiger partial charge is 0.311 e. The van der Waals surface area contributed by atoms with Crippen LogP contribution in [0.1, 0.15) is 56.3 Å². The number of nitro groups is 1. The van der Waals surface area contributed by atoms with Crippen LogP contribution in [-0.2, 0) is 4.74 Å². The number of hydrogen-bond donors (Lipinski definition) is 0. The fraction of sp³-hybridized carbons (Fsp3) is 0.650. The van der Waals surface area contributed by atoms with Crippen LogP contribution < -0.4 is 9.84 Å². The van der Waals surface area contributed by atoms with Gasteiger partial charge < -0.3 is 19.4 Å². The monoisotopic (exact) mass is 374 g/mol. The van der Waals surface area contributed by atoms with Crippen LogP contribution in [0.2, 0.25) is 0 Å². The number of carboxylic acid groups (broad SMARTS) is 1. The van der Waals surface area contributed by atoms with Crippen LogP contribution in [0, 0.1) is 33.8 Å². The molecule has 0 amide bonds. The zero-order chi connectivity index (χ0) is 19.3. The van der Waals surface area contributed by atoms with Crippen molar-refractivity contribution in [1.82, 2.24) is 0 Å². The predicted octanol–water partition coefficient (Wildman–Crippen LogP) is 2.91. The molecule has 3 aliphatic rings. The maximum Gasteiger partial charge on any atom is 0.311 e. The van der Waals surface area contributed by atoms with Crippen molar-refractivity contribution in [3.05, 3.63) is 33.9 Å². The summed E-state index contributed by atoms with van der Waals surface area (Å²) < 4.78 is 12.1. The van der Waals surface area contributed by atoms with Crippen LogP contribution >= 0.6 is 0 Å². The highest BCUT2D eigenvalue weighted by Gasteiger charge is 2.55. The highest BCUT2D eigenvalue weighted by molar-refractivity contribution is 5.87. The van der Waals surface area contributed by atoms with Gasteiger partial charge in [-0.2, -0.15) is 0 Å². The molecule has 1 aromatic carbocycles. The van der Waals surface area contributed by atoms with Crippen molar-refractivity contribution < 1.29 is 24.3 Å². The molecule has 0 saturated heterocycles. The molecule has 27 heavy (non-hydrogen) atoms. The Kier molecular flexibility index (Phi) is 4.37. The normalized spacial score (nSPS) is 31.7. The molecule has 4 rings (SSSR count). The van der Waals surface area contributed by atoms with Crippen molar-refractivity contribution >= 4 is 11.7 Å². The van der Waals surface area contributed by atoms with Crippen LogP contribution in [0.5, 0.6) is 5.75 Å². The molecule has 5 unspecified atom stereocenters. The Morgan fingerprint density at radius 3 is 2.63 bits per heavy atom. The minimum absolute atomic E-state index is 0.0905. The van der Waals surface area contributed by atoms with Gasteiger partial charge in [0, 0.05) is 25.5 Å². The third-order valence-electron chi connectivity index (χ3n) is 6.55. The van der Waals surface area contributed by atoms with Crippen LogP contribution in [0.4, 0.5) is 5.69 Å². The summed E-state index contributed by atoms with van der Waals surface area (Å²) in [7, 11) is 0. The summed E-state index contributed by atoms with van der Waals surface area (Å²) in [5.74, 6) is 0.217. The number of nitro benzene ring substituents is 1. The third kappa shape index (κ3) is 3.29. The molecule has 3 aliphatic carbocycles. The van der Waals surface area contributed by atoms with E-state index in [2.05, 4.69) is 0 Å². The van der Waals surface area contributed by atoms with Crippen molar-refractivity contribution in [1.29, 1.82) is 0 Å². The van der Waals surface area contributed by atoms with E-state index >= 15 is 0 Å². The number of hydrogen-bond acceptors (Lipinski definition) is 6. The molecule has 5 atom stereocenters. The van der Waals surface area contributed by atoms with Gasteiger partial charge in [-0.1, -0.05) is 6.42 Å². The number of carboxylic acids is 1. The minimum Gasteiger partial charge on any atom is -0.545 e. The largest absolute Gasteiger partial charge is 0.545 e. The lowest BCUT2D eigenvalue weighted by molar-refractivity contribution is -0.387. The SMILES string of the molecule is CC(C)(Oc1cc(C(=O)[O-])ccc1[N+](=O)[O-])OC1CC2CC1C1CCCC21. The summed E-state index contributed by atoms with van der Waals surface area (Å²) in [4.78, 5) is 21.8. The van der Waals surface area contributed by atoms with Crippen LogP contribution in [0.3, 0.4) is 0 Å². The van der Waals surface area contributed by atoms with E-state index in [-0.39, 0.29) is 23.1 Å². The summed E-state index contributed by atoms with van der Waals surface area (Å²) in [5.41, 5.74) is -0.458. The second-order valence-corrected chi connectivity index (χ2v) is 8.54.